The van der Waals surface area contributed by atoms with E-state index in [1.54, 1.807) is 7.11 Å². The molecule has 0 saturated carbocycles. The van der Waals surface area contributed by atoms with Crippen molar-refractivity contribution in [1.82, 2.24) is 14.9 Å². The number of benzene rings is 1. The zero-order valence-electron chi connectivity index (χ0n) is 12.7. The van der Waals surface area contributed by atoms with Gasteiger partial charge < -0.3 is 14.6 Å². The molecule has 0 spiro atoms. The van der Waals surface area contributed by atoms with Gasteiger partial charge in [-0.3, -0.25) is 0 Å². The standard InChI is InChI=1S/C16H23N3O/c1-5-8-17-15(16-18-9-10-19(16)3)14-7-6-13(20-4)11-12(14)2/h6-7,9-11,15,17H,5,8H2,1-4H3. The molecule has 108 valence electrons. The fourth-order valence-corrected chi connectivity index (χ4v) is 2.38. The highest BCUT2D eigenvalue weighted by Crippen LogP contribution is 2.26. The molecule has 0 amide bonds. The molecule has 4 nitrogen and oxygen atoms in total. The van der Waals surface area contributed by atoms with Crippen LogP contribution in [0.5, 0.6) is 5.75 Å². The number of nitrogens with one attached hydrogen (secondary N) is 1. The van der Waals surface area contributed by atoms with Crippen LogP contribution in [0.1, 0.15) is 36.3 Å². The Labute approximate surface area is 120 Å². The normalized spacial score (nSPS) is 12.4. The fourth-order valence-electron chi connectivity index (χ4n) is 2.38. The smallest absolute Gasteiger partial charge is 0.130 e. The van der Waals surface area contributed by atoms with Crippen molar-refractivity contribution in [2.45, 2.75) is 26.3 Å². The van der Waals surface area contributed by atoms with Gasteiger partial charge in [0, 0.05) is 19.4 Å². The van der Waals surface area contributed by atoms with Gasteiger partial charge in [-0.15, -0.1) is 0 Å². The lowest BCUT2D eigenvalue weighted by atomic mass is 10.00. The quantitative estimate of drug-likeness (QED) is 0.879. The highest BCUT2D eigenvalue weighted by Gasteiger charge is 2.19. The van der Waals surface area contributed by atoms with E-state index < -0.39 is 0 Å². The molecule has 0 radical (unpaired) electrons. The van der Waals surface area contributed by atoms with Crippen LogP contribution in [-0.2, 0) is 7.05 Å². The summed E-state index contributed by atoms with van der Waals surface area (Å²) in [6, 6.07) is 6.31. The van der Waals surface area contributed by atoms with Gasteiger partial charge >= 0.3 is 0 Å². The van der Waals surface area contributed by atoms with Crippen molar-refractivity contribution in [1.29, 1.82) is 0 Å². The molecule has 0 bridgehead atoms. The van der Waals surface area contributed by atoms with Crippen LogP contribution in [0.4, 0.5) is 0 Å². The Morgan fingerprint density at radius 1 is 1.40 bits per heavy atom. The van der Waals surface area contributed by atoms with Gasteiger partial charge in [0.25, 0.3) is 0 Å². The van der Waals surface area contributed by atoms with Crippen molar-refractivity contribution in [3.8, 4) is 5.75 Å². The van der Waals surface area contributed by atoms with E-state index in [9.17, 15) is 0 Å². The van der Waals surface area contributed by atoms with Crippen molar-refractivity contribution in [3.05, 3.63) is 47.5 Å². The van der Waals surface area contributed by atoms with E-state index in [-0.39, 0.29) is 6.04 Å². The first-order valence-corrected chi connectivity index (χ1v) is 7.02. The molecular weight excluding hydrogens is 250 g/mol. The Morgan fingerprint density at radius 2 is 2.20 bits per heavy atom. The van der Waals surface area contributed by atoms with E-state index >= 15 is 0 Å². The molecule has 0 aliphatic heterocycles. The highest BCUT2D eigenvalue weighted by atomic mass is 16.5. The lowest BCUT2D eigenvalue weighted by Crippen LogP contribution is -2.26. The summed E-state index contributed by atoms with van der Waals surface area (Å²) in [7, 11) is 3.72. The first kappa shape index (κ1) is 14.6. The van der Waals surface area contributed by atoms with Crippen molar-refractivity contribution in [2.75, 3.05) is 13.7 Å². The van der Waals surface area contributed by atoms with Gasteiger partial charge in [0.05, 0.1) is 13.2 Å². The molecular formula is C16H23N3O. The number of aromatic nitrogens is 2. The van der Waals surface area contributed by atoms with Crippen LogP contribution in [0, 0.1) is 6.92 Å². The molecule has 1 aromatic heterocycles. The van der Waals surface area contributed by atoms with Crippen LogP contribution in [0.25, 0.3) is 0 Å². The molecule has 0 saturated heterocycles. The largest absolute Gasteiger partial charge is 0.497 e. The molecule has 20 heavy (non-hydrogen) atoms. The van der Waals surface area contributed by atoms with E-state index in [2.05, 4.69) is 40.8 Å². The topological polar surface area (TPSA) is 39.1 Å². The van der Waals surface area contributed by atoms with Gasteiger partial charge in [-0.2, -0.15) is 0 Å². The third kappa shape index (κ3) is 3.02. The van der Waals surface area contributed by atoms with E-state index in [4.69, 9.17) is 4.74 Å². The summed E-state index contributed by atoms with van der Waals surface area (Å²) >= 11 is 0. The highest BCUT2D eigenvalue weighted by molar-refractivity contribution is 5.39. The minimum Gasteiger partial charge on any atom is -0.497 e. The monoisotopic (exact) mass is 273 g/mol. The average molecular weight is 273 g/mol. The maximum absolute atomic E-state index is 5.28. The minimum absolute atomic E-state index is 0.112. The number of imidazole rings is 1. The summed E-state index contributed by atoms with van der Waals surface area (Å²) in [5.41, 5.74) is 2.45. The SMILES string of the molecule is CCCNC(c1ccc(OC)cc1C)c1nccn1C. The van der Waals surface area contributed by atoms with Crippen molar-refractivity contribution in [2.24, 2.45) is 7.05 Å². The van der Waals surface area contributed by atoms with Crippen LogP contribution in [-0.4, -0.2) is 23.2 Å². The predicted octanol–water partition coefficient (Wildman–Crippen LogP) is 2.83. The first-order chi connectivity index (χ1) is 9.67. The average Bonchev–Trinajstić information content (AvgIpc) is 2.87. The number of hydrogen-bond acceptors (Lipinski definition) is 3. The van der Waals surface area contributed by atoms with Crippen LogP contribution in [0.15, 0.2) is 30.6 Å². The van der Waals surface area contributed by atoms with Crippen molar-refractivity contribution < 1.29 is 4.74 Å². The zero-order valence-corrected chi connectivity index (χ0v) is 12.7. The van der Waals surface area contributed by atoms with E-state index in [0.717, 1.165) is 24.5 Å². The Bertz CT molecular complexity index is 563. The van der Waals surface area contributed by atoms with E-state index in [1.807, 2.05) is 25.5 Å². The lowest BCUT2D eigenvalue weighted by Gasteiger charge is -2.21. The maximum atomic E-state index is 5.28. The summed E-state index contributed by atoms with van der Waals surface area (Å²) < 4.78 is 7.35. The molecule has 1 aromatic carbocycles. The fraction of sp³-hybridized carbons (Fsp3) is 0.438. The van der Waals surface area contributed by atoms with Gasteiger partial charge in [-0.05, 0) is 43.1 Å². The summed E-state index contributed by atoms with van der Waals surface area (Å²) in [5.74, 6) is 1.92. The Hall–Kier alpha value is -1.81. The lowest BCUT2D eigenvalue weighted by molar-refractivity contribution is 0.414. The molecule has 1 atom stereocenters. The van der Waals surface area contributed by atoms with Gasteiger partial charge in [0.2, 0.25) is 0 Å². The molecule has 0 aliphatic rings. The molecule has 0 fully saturated rings. The Balaban J connectivity index is 2.38. The number of methoxy groups -OCH3 is 1. The third-order valence-corrected chi connectivity index (χ3v) is 3.50. The molecule has 1 heterocycles. The van der Waals surface area contributed by atoms with Crippen LogP contribution in [0.3, 0.4) is 0 Å². The number of hydrogen-bond donors (Lipinski definition) is 1. The van der Waals surface area contributed by atoms with E-state index in [1.165, 1.54) is 11.1 Å². The molecule has 4 heteroatoms. The van der Waals surface area contributed by atoms with Gasteiger partial charge in [-0.1, -0.05) is 13.0 Å². The molecule has 1 N–H and O–H groups in total. The molecule has 1 unspecified atom stereocenters. The Kier molecular flexibility index (Phi) is 4.79. The summed E-state index contributed by atoms with van der Waals surface area (Å²) in [4.78, 5) is 4.50. The second kappa shape index (κ2) is 6.57. The van der Waals surface area contributed by atoms with Gasteiger partial charge in [0.1, 0.15) is 11.6 Å². The van der Waals surface area contributed by atoms with E-state index in [0.29, 0.717) is 0 Å². The first-order valence-electron chi connectivity index (χ1n) is 7.02. The molecule has 0 aliphatic carbocycles. The van der Waals surface area contributed by atoms with Crippen LogP contribution < -0.4 is 10.1 Å². The third-order valence-electron chi connectivity index (χ3n) is 3.50. The number of nitrogens with zero attached hydrogens (tertiary/aromatic N) is 2. The number of rotatable bonds is 6. The molecule has 2 aromatic rings. The predicted molar refractivity (Wildman–Crippen MR) is 81.1 cm³/mol. The van der Waals surface area contributed by atoms with Gasteiger partial charge in [-0.25, -0.2) is 4.98 Å². The van der Waals surface area contributed by atoms with Crippen molar-refractivity contribution in [3.63, 3.8) is 0 Å². The minimum atomic E-state index is 0.112. The van der Waals surface area contributed by atoms with Crippen LogP contribution >= 0.6 is 0 Å². The van der Waals surface area contributed by atoms with Crippen molar-refractivity contribution >= 4 is 0 Å². The number of aryl methyl sites for hydroxylation is 2. The van der Waals surface area contributed by atoms with Gasteiger partial charge in [0.15, 0.2) is 0 Å². The summed E-state index contributed by atoms with van der Waals surface area (Å²) in [6.45, 7) is 5.24. The van der Waals surface area contributed by atoms with Crippen LogP contribution in [0.2, 0.25) is 0 Å². The Morgan fingerprint density at radius 3 is 2.75 bits per heavy atom. The molecule has 2 rings (SSSR count). The summed E-state index contributed by atoms with van der Waals surface area (Å²) in [5, 5.41) is 3.58. The number of ether oxygens (including phenoxy) is 1. The summed E-state index contributed by atoms with van der Waals surface area (Å²) in [6.07, 6.45) is 4.92. The second-order valence-electron chi connectivity index (χ2n) is 5.01. The second-order valence-corrected chi connectivity index (χ2v) is 5.01. The maximum Gasteiger partial charge on any atom is 0.130 e. The zero-order chi connectivity index (χ0) is 14.5.